The summed E-state index contributed by atoms with van der Waals surface area (Å²) in [4.78, 5) is 23.0. The summed E-state index contributed by atoms with van der Waals surface area (Å²) < 4.78 is 0.818. The van der Waals surface area contributed by atoms with E-state index in [1.165, 1.54) is 0 Å². The first kappa shape index (κ1) is 17.1. The fourth-order valence-corrected chi connectivity index (χ4v) is 2.72. The van der Waals surface area contributed by atoms with E-state index in [1.807, 2.05) is 66.5 Å². The van der Waals surface area contributed by atoms with E-state index in [9.17, 15) is 4.79 Å². The number of carbonyl (C=O) groups is 1. The Morgan fingerprint density at radius 2 is 1.80 bits per heavy atom. The van der Waals surface area contributed by atoms with E-state index < -0.39 is 0 Å². The van der Waals surface area contributed by atoms with Crippen LogP contribution < -0.4 is 10.2 Å². The van der Waals surface area contributed by atoms with Gasteiger partial charge in [-0.15, -0.1) is 0 Å². The lowest BCUT2D eigenvalue weighted by Gasteiger charge is -2.17. The van der Waals surface area contributed by atoms with Crippen molar-refractivity contribution in [3.63, 3.8) is 0 Å². The van der Waals surface area contributed by atoms with Crippen LogP contribution in [-0.2, 0) is 6.54 Å². The molecule has 6 heteroatoms. The molecule has 0 aliphatic heterocycles. The Morgan fingerprint density at radius 1 is 1.08 bits per heavy atom. The molecule has 0 atom stereocenters. The fraction of sp³-hybridized carbons (Fsp3) is 0.105. The molecule has 0 radical (unpaired) electrons. The standard InChI is InChI=1S/C19H17BrN4O/c1-24(13-14-7-3-2-4-8-14)19-21-12-11-17(23-19)18(25)22-16-10-6-5-9-15(16)20/h2-12H,13H2,1H3,(H,22,25). The first-order chi connectivity index (χ1) is 12.1. The molecule has 3 aromatic rings. The highest BCUT2D eigenvalue weighted by atomic mass is 79.9. The summed E-state index contributed by atoms with van der Waals surface area (Å²) in [6, 6.07) is 19.1. The van der Waals surface area contributed by atoms with Crippen molar-refractivity contribution in [3.05, 3.63) is 82.6 Å². The first-order valence-electron chi connectivity index (χ1n) is 7.77. The van der Waals surface area contributed by atoms with E-state index in [0.717, 1.165) is 10.0 Å². The summed E-state index contributed by atoms with van der Waals surface area (Å²) in [5, 5.41) is 2.85. The van der Waals surface area contributed by atoms with Gasteiger partial charge in [0.05, 0.1) is 5.69 Å². The van der Waals surface area contributed by atoms with E-state index in [-0.39, 0.29) is 5.91 Å². The van der Waals surface area contributed by atoms with Crippen LogP contribution in [0, 0.1) is 0 Å². The van der Waals surface area contributed by atoms with Crippen LogP contribution in [0.1, 0.15) is 16.1 Å². The molecule has 3 rings (SSSR count). The van der Waals surface area contributed by atoms with Crippen molar-refractivity contribution in [2.45, 2.75) is 6.54 Å². The predicted octanol–water partition coefficient (Wildman–Crippen LogP) is 4.13. The summed E-state index contributed by atoms with van der Waals surface area (Å²) in [7, 11) is 1.90. The molecule has 25 heavy (non-hydrogen) atoms. The molecule has 1 N–H and O–H groups in total. The van der Waals surface area contributed by atoms with Gasteiger partial charge in [-0.1, -0.05) is 42.5 Å². The van der Waals surface area contributed by atoms with Gasteiger partial charge in [0.2, 0.25) is 5.95 Å². The third-order valence-electron chi connectivity index (χ3n) is 3.60. The van der Waals surface area contributed by atoms with Crippen molar-refractivity contribution in [3.8, 4) is 0 Å². The van der Waals surface area contributed by atoms with Crippen LogP contribution in [0.2, 0.25) is 0 Å². The number of hydrogen-bond donors (Lipinski definition) is 1. The van der Waals surface area contributed by atoms with E-state index in [4.69, 9.17) is 0 Å². The van der Waals surface area contributed by atoms with Crippen molar-refractivity contribution < 1.29 is 4.79 Å². The molecule has 5 nitrogen and oxygen atoms in total. The molecule has 1 amide bonds. The van der Waals surface area contributed by atoms with Crippen molar-refractivity contribution >= 4 is 33.5 Å². The maximum Gasteiger partial charge on any atom is 0.274 e. The number of anilines is 2. The maximum atomic E-state index is 12.5. The van der Waals surface area contributed by atoms with Crippen molar-refractivity contribution in [1.29, 1.82) is 0 Å². The molecule has 1 heterocycles. The highest BCUT2D eigenvalue weighted by Crippen LogP contribution is 2.21. The Morgan fingerprint density at radius 3 is 2.56 bits per heavy atom. The molecular weight excluding hydrogens is 380 g/mol. The molecule has 0 spiro atoms. The normalized spacial score (nSPS) is 10.3. The summed E-state index contributed by atoms with van der Waals surface area (Å²) in [5.41, 5.74) is 2.17. The largest absolute Gasteiger partial charge is 0.340 e. The van der Waals surface area contributed by atoms with Crippen molar-refractivity contribution in [1.82, 2.24) is 9.97 Å². The summed E-state index contributed by atoms with van der Waals surface area (Å²) in [5.74, 6) is 0.229. The third-order valence-corrected chi connectivity index (χ3v) is 4.29. The SMILES string of the molecule is CN(Cc1ccccc1)c1nccc(C(=O)Nc2ccccc2Br)n1. The second kappa shape index (κ2) is 7.90. The highest BCUT2D eigenvalue weighted by molar-refractivity contribution is 9.10. The van der Waals surface area contributed by atoms with Crippen LogP contribution >= 0.6 is 15.9 Å². The number of para-hydroxylation sites is 1. The first-order valence-corrected chi connectivity index (χ1v) is 8.57. The molecular formula is C19H17BrN4O. The van der Waals surface area contributed by atoms with Gasteiger partial charge in [0.1, 0.15) is 5.69 Å². The average Bonchev–Trinajstić information content (AvgIpc) is 2.64. The third kappa shape index (κ3) is 4.42. The molecule has 1 aromatic heterocycles. The molecule has 126 valence electrons. The molecule has 0 saturated heterocycles. The van der Waals surface area contributed by atoms with Crippen LogP contribution in [0.5, 0.6) is 0 Å². The van der Waals surface area contributed by atoms with E-state index >= 15 is 0 Å². The summed E-state index contributed by atoms with van der Waals surface area (Å²) in [6.07, 6.45) is 1.60. The fourth-order valence-electron chi connectivity index (χ4n) is 2.34. The number of aromatic nitrogens is 2. The van der Waals surface area contributed by atoms with E-state index in [0.29, 0.717) is 23.9 Å². The zero-order valence-electron chi connectivity index (χ0n) is 13.7. The predicted molar refractivity (Wildman–Crippen MR) is 103 cm³/mol. The van der Waals surface area contributed by atoms with Gasteiger partial charge in [0.25, 0.3) is 5.91 Å². The number of halogens is 1. The summed E-state index contributed by atoms with van der Waals surface area (Å²) >= 11 is 3.42. The van der Waals surface area contributed by atoms with Gasteiger partial charge >= 0.3 is 0 Å². The number of amides is 1. The molecule has 0 saturated carbocycles. The van der Waals surface area contributed by atoms with Crippen LogP contribution in [0.4, 0.5) is 11.6 Å². The van der Waals surface area contributed by atoms with Gasteiger partial charge in [0.15, 0.2) is 0 Å². The van der Waals surface area contributed by atoms with E-state index in [2.05, 4.69) is 31.2 Å². The second-order valence-corrected chi connectivity index (χ2v) is 6.37. The van der Waals surface area contributed by atoms with Gasteiger partial charge in [-0.2, -0.15) is 0 Å². The molecule has 0 aliphatic carbocycles. The Balaban J connectivity index is 1.74. The Kier molecular flexibility index (Phi) is 5.40. The number of benzene rings is 2. The number of nitrogens with zero attached hydrogens (tertiary/aromatic N) is 3. The maximum absolute atomic E-state index is 12.5. The quantitative estimate of drug-likeness (QED) is 0.704. The van der Waals surface area contributed by atoms with Gasteiger partial charge in [0, 0.05) is 24.3 Å². The molecule has 0 bridgehead atoms. The minimum absolute atomic E-state index is 0.274. The van der Waals surface area contributed by atoms with E-state index in [1.54, 1.807) is 12.3 Å². The Labute approximate surface area is 154 Å². The lowest BCUT2D eigenvalue weighted by Crippen LogP contribution is -2.21. The van der Waals surface area contributed by atoms with Gasteiger partial charge < -0.3 is 10.2 Å². The number of rotatable bonds is 5. The molecule has 0 aliphatic rings. The minimum atomic E-state index is -0.274. The van der Waals surface area contributed by atoms with Gasteiger partial charge in [-0.25, -0.2) is 9.97 Å². The zero-order valence-corrected chi connectivity index (χ0v) is 15.3. The van der Waals surface area contributed by atoms with Gasteiger partial charge in [-0.3, -0.25) is 4.79 Å². The second-order valence-electron chi connectivity index (χ2n) is 5.52. The monoisotopic (exact) mass is 396 g/mol. The summed E-state index contributed by atoms with van der Waals surface area (Å²) in [6.45, 7) is 0.663. The number of carbonyl (C=O) groups excluding carboxylic acids is 1. The van der Waals surface area contributed by atoms with Crippen molar-refractivity contribution in [2.24, 2.45) is 0 Å². The average molecular weight is 397 g/mol. The zero-order chi connectivity index (χ0) is 17.6. The van der Waals surface area contributed by atoms with Crippen LogP contribution in [0.15, 0.2) is 71.3 Å². The van der Waals surface area contributed by atoms with Crippen LogP contribution in [-0.4, -0.2) is 22.9 Å². The molecule has 0 unspecified atom stereocenters. The molecule has 0 fully saturated rings. The van der Waals surface area contributed by atoms with Crippen LogP contribution in [0.25, 0.3) is 0 Å². The minimum Gasteiger partial charge on any atom is -0.340 e. The van der Waals surface area contributed by atoms with Crippen LogP contribution in [0.3, 0.4) is 0 Å². The Hall–Kier alpha value is -2.73. The smallest absolute Gasteiger partial charge is 0.274 e. The topological polar surface area (TPSA) is 58.1 Å². The lowest BCUT2D eigenvalue weighted by molar-refractivity contribution is 0.102. The van der Waals surface area contributed by atoms with Gasteiger partial charge in [-0.05, 0) is 39.7 Å². The lowest BCUT2D eigenvalue weighted by atomic mass is 10.2. The Bertz CT molecular complexity index is 870. The highest BCUT2D eigenvalue weighted by Gasteiger charge is 2.12. The molecule has 2 aromatic carbocycles. The van der Waals surface area contributed by atoms with Crippen molar-refractivity contribution in [2.75, 3.05) is 17.3 Å². The number of nitrogens with one attached hydrogen (secondary N) is 1. The number of hydrogen-bond acceptors (Lipinski definition) is 4.